The standard InChI is InChI=1S/C13H24O11/c1-21-3-5-11(8(17)9(18)12(20)22-5)24-13-10(19)7(16)6(15)4(2-14)23-13/h4-20H,2-3H2,1H3/t4?,5?,6-,7-,8+,9?,10?,11-,12+,13-/m0/s1. The van der Waals surface area contributed by atoms with Crippen LogP contribution in [0.2, 0.25) is 0 Å². The second-order valence-electron chi connectivity index (χ2n) is 5.80. The van der Waals surface area contributed by atoms with Crippen LogP contribution in [-0.4, -0.2) is 117 Å². The van der Waals surface area contributed by atoms with Gasteiger partial charge in [-0.15, -0.1) is 0 Å². The van der Waals surface area contributed by atoms with Crippen LogP contribution in [-0.2, 0) is 18.9 Å². The molecule has 0 aromatic rings. The molecule has 0 aromatic carbocycles. The summed E-state index contributed by atoms with van der Waals surface area (Å²) in [5, 5.41) is 67.9. The zero-order valence-electron chi connectivity index (χ0n) is 13.0. The Morgan fingerprint density at radius 2 is 1.46 bits per heavy atom. The lowest BCUT2D eigenvalue weighted by molar-refractivity contribution is -0.355. The molecule has 2 fully saturated rings. The predicted octanol–water partition coefficient (Wildman–Crippen LogP) is -4.74. The summed E-state index contributed by atoms with van der Waals surface area (Å²) in [4.78, 5) is 0. The molecule has 24 heavy (non-hydrogen) atoms. The van der Waals surface area contributed by atoms with Crippen LogP contribution in [0.4, 0.5) is 0 Å². The molecule has 2 aliphatic heterocycles. The summed E-state index contributed by atoms with van der Waals surface area (Å²) in [7, 11) is 1.35. The van der Waals surface area contributed by atoms with Crippen molar-refractivity contribution in [2.45, 2.75) is 61.4 Å². The van der Waals surface area contributed by atoms with Gasteiger partial charge in [0.2, 0.25) is 0 Å². The molecule has 7 N–H and O–H groups in total. The first kappa shape index (κ1) is 19.9. The fraction of sp³-hybridized carbons (Fsp3) is 1.00. The van der Waals surface area contributed by atoms with Gasteiger partial charge >= 0.3 is 0 Å². The summed E-state index contributed by atoms with van der Waals surface area (Å²) in [6.45, 7) is -0.750. The number of methoxy groups -OCH3 is 1. The fourth-order valence-electron chi connectivity index (χ4n) is 2.72. The average Bonchev–Trinajstić information content (AvgIpc) is 2.56. The van der Waals surface area contributed by atoms with Gasteiger partial charge in [0.25, 0.3) is 0 Å². The molecular formula is C13H24O11. The topological polar surface area (TPSA) is 179 Å². The average molecular weight is 356 g/mol. The highest BCUT2D eigenvalue weighted by atomic mass is 16.7. The largest absolute Gasteiger partial charge is 0.394 e. The second-order valence-corrected chi connectivity index (χ2v) is 5.80. The molecule has 2 aliphatic rings. The van der Waals surface area contributed by atoms with Crippen LogP contribution < -0.4 is 0 Å². The van der Waals surface area contributed by atoms with Crippen LogP contribution in [0, 0.1) is 0 Å². The van der Waals surface area contributed by atoms with Gasteiger partial charge in [0.05, 0.1) is 13.2 Å². The molecule has 10 atom stereocenters. The Morgan fingerprint density at radius 3 is 2.04 bits per heavy atom. The normalized spacial score (nSPS) is 50.0. The molecule has 2 saturated heterocycles. The smallest absolute Gasteiger partial charge is 0.187 e. The third-order valence-electron chi connectivity index (χ3n) is 4.13. The third-order valence-corrected chi connectivity index (χ3v) is 4.13. The van der Waals surface area contributed by atoms with E-state index in [0.717, 1.165) is 0 Å². The van der Waals surface area contributed by atoms with Gasteiger partial charge in [-0.1, -0.05) is 0 Å². The van der Waals surface area contributed by atoms with Crippen molar-refractivity contribution in [3.05, 3.63) is 0 Å². The van der Waals surface area contributed by atoms with E-state index in [2.05, 4.69) is 0 Å². The molecule has 0 spiro atoms. The first-order chi connectivity index (χ1) is 11.3. The van der Waals surface area contributed by atoms with E-state index in [-0.39, 0.29) is 6.61 Å². The molecule has 0 radical (unpaired) electrons. The number of hydrogen-bond donors (Lipinski definition) is 7. The van der Waals surface area contributed by atoms with E-state index < -0.39 is 68.0 Å². The zero-order chi connectivity index (χ0) is 18.0. The molecule has 142 valence electrons. The van der Waals surface area contributed by atoms with E-state index in [1.165, 1.54) is 7.11 Å². The molecule has 0 bridgehead atoms. The molecular weight excluding hydrogens is 332 g/mol. The van der Waals surface area contributed by atoms with Crippen LogP contribution >= 0.6 is 0 Å². The van der Waals surface area contributed by atoms with Crippen molar-refractivity contribution in [3.8, 4) is 0 Å². The monoisotopic (exact) mass is 356 g/mol. The Balaban J connectivity index is 2.13. The highest BCUT2D eigenvalue weighted by Gasteiger charge is 2.50. The SMILES string of the molecule is COCC1O[C@@H](O)C(O)[C@@H](O)[C@H]1O[C@@H]1OC(CO)[C@H](O)[C@H](O)C1O. The van der Waals surface area contributed by atoms with Gasteiger partial charge in [-0.2, -0.15) is 0 Å². The number of hydrogen-bond acceptors (Lipinski definition) is 11. The molecule has 11 heteroatoms. The van der Waals surface area contributed by atoms with Gasteiger partial charge in [0.1, 0.15) is 48.8 Å². The molecule has 2 rings (SSSR count). The number of rotatable bonds is 5. The summed E-state index contributed by atoms with van der Waals surface area (Å²) < 4.78 is 20.6. The summed E-state index contributed by atoms with van der Waals surface area (Å²) >= 11 is 0. The Bertz CT molecular complexity index is 394. The van der Waals surface area contributed by atoms with Gasteiger partial charge < -0.3 is 54.7 Å². The van der Waals surface area contributed by atoms with Crippen LogP contribution in [0.1, 0.15) is 0 Å². The molecule has 11 nitrogen and oxygen atoms in total. The van der Waals surface area contributed by atoms with E-state index in [4.69, 9.17) is 24.1 Å². The van der Waals surface area contributed by atoms with Crippen LogP contribution in [0.25, 0.3) is 0 Å². The van der Waals surface area contributed by atoms with E-state index in [0.29, 0.717) is 0 Å². The van der Waals surface area contributed by atoms with E-state index in [1.807, 2.05) is 0 Å². The summed E-state index contributed by atoms with van der Waals surface area (Å²) in [6.07, 6.45) is -14.8. The molecule has 4 unspecified atom stereocenters. The Hall–Kier alpha value is -0.440. The predicted molar refractivity (Wildman–Crippen MR) is 73.4 cm³/mol. The highest BCUT2D eigenvalue weighted by Crippen LogP contribution is 2.28. The number of aliphatic hydroxyl groups excluding tert-OH is 7. The van der Waals surface area contributed by atoms with E-state index in [1.54, 1.807) is 0 Å². The van der Waals surface area contributed by atoms with Gasteiger partial charge in [-0.25, -0.2) is 0 Å². The maximum Gasteiger partial charge on any atom is 0.187 e. The molecule has 0 aliphatic carbocycles. The van der Waals surface area contributed by atoms with Crippen molar-refractivity contribution < 1.29 is 54.7 Å². The van der Waals surface area contributed by atoms with Crippen molar-refractivity contribution in [1.82, 2.24) is 0 Å². The lowest BCUT2D eigenvalue weighted by Gasteiger charge is -2.45. The second kappa shape index (κ2) is 8.29. The summed E-state index contributed by atoms with van der Waals surface area (Å²) in [5.41, 5.74) is 0. The van der Waals surface area contributed by atoms with Crippen molar-refractivity contribution in [2.24, 2.45) is 0 Å². The summed E-state index contributed by atoms with van der Waals surface area (Å²) in [5.74, 6) is 0. The van der Waals surface area contributed by atoms with Crippen molar-refractivity contribution >= 4 is 0 Å². The van der Waals surface area contributed by atoms with Gasteiger partial charge in [0, 0.05) is 7.11 Å². The Morgan fingerprint density at radius 1 is 0.792 bits per heavy atom. The van der Waals surface area contributed by atoms with E-state index in [9.17, 15) is 30.6 Å². The quantitative estimate of drug-likeness (QED) is 0.251. The maximum absolute atomic E-state index is 10.1. The minimum Gasteiger partial charge on any atom is -0.394 e. The lowest BCUT2D eigenvalue weighted by Crippen LogP contribution is -2.64. The first-order valence-corrected chi connectivity index (χ1v) is 7.46. The van der Waals surface area contributed by atoms with Crippen LogP contribution in [0.5, 0.6) is 0 Å². The number of ether oxygens (including phenoxy) is 4. The Kier molecular flexibility index (Phi) is 6.87. The van der Waals surface area contributed by atoms with Crippen molar-refractivity contribution in [3.63, 3.8) is 0 Å². The molecule has 0 aromatic heterocycles. The van der Waals surface area contributed by atoms with Gasteiger partial charge in [-0.05, 0) is 0 Å². The minimum atomic E-state index is -1.68. The molecule has 2 heterocycles. The van der Waals surface area contributed by atoms with Crippen LogP contribution in [0.3, 0.4) is 0 Å². The van der Waals surface area contributed by atoms with Crippen molar-refractivity contribution in [2.75, 3.05) is 20.3 Å². The molecule has 0 saturated carbocycles. The first-order valence-electron chi connectivity index (χ1n) is 7.46. The van der Waals surface area contributed by atoms with Crippen LogP contribution in [0.15, 0.2) is 0 Å². The maximum atomic E-state index is 10.1. The Labute approximate surface area is 137 Å². The van der Waals surface area contributed by atoms with Gasteiger partial charge in [-0.3, -0.25) is 0 Å². The zero-order valence-corrected chi connectivity index (χ0v) is 13.0. The minimum absolute atomic E-state index is 0.108. The number of aliphatic hydroxyl groups is 7. The summed E-state index contributed by atoms with van der Waals surface area (Å²) in [6, 6.07) is 0. The van der Waals surface area contributed by atoms with Crippen molar-refractivity contribution in [1.29, 1.82) is 0 Å². The van der Waals surface area contributed by atoms with Gasteiger partial charge in [0.15, 0.2) is 12.6 Å². The highest BCUT2D eigenvalue weighted by molar-refractivity contribution is 4.93. The fourth-order valence-corrected chi connectivity index (χ4v) is 2.72. The third kappa shape index (κ3) is 3.86. The van der Waals surface area contributed by atoms with E-state index >= 15 is 0 Å². The lowest BCUT2D eigenvalue weighted by atomic mass is 9.97. The molecule has 0 amide bonds.